The number of nitrogens with zero attached hydrogens (tertiary/aromatic N) is 2. The van der Waals surface area contributed by atoms with E-state index in [4.69, 9.17) is 12.2 Å². The number of aromatic amines is 1. The van der Waals surface area contributed by atoms with Gasteiger partial charge in [-0.1, -0.05) is 12.2 Å². The van der Waals surface area contributed by atoms with Crippen molar-refractivity contribution in [3.05, 3.63) is 10.3 Å². The van der Waals surface area contributed by atoms with Gasteiger partial charge in [-0.25, -0.2) is 0 Å². The van der Waals surface area contributed by atoms with E-state index in [1.807, 2.05) is 0 Å². The molecular formula is C8H9N3S2. The van der Waals surface area contributed by atoms with Crippen LogP contribution in [0.1, 0.15) is 5.69 Å². The maximum atomic E-state index is 5.27. The van der Waals surface area contributed by atoms with Crippen molar-refractivity contribution in [2.75, 3.05) is 19.6 Å². The van der Waals surface area contributed by atoms with Crippen molar-refractivity contribution in [2.24, 2.45) is 11.8 Å². The van der Waals surface area contributed by atoms with Gasteiger partial charge >= 0.3 is 0 Å². The van der Waals surface area contributed by atoms with E-state index in [-0.39, 0.29) is 0 Å². The maximum absolute atomic E-state index is 5.27. The van der Waals surface area contributed by atoms with Crippen molar-refractivity contribution < 1.29 is 0 Å². The molecule has 5 heteroatoms. The number of hydrogen-bond donors (Lipinski definition) is 1. The summed E-state index contributed by atoms with van der Waals surface area (Å²) in [5, 5.41) is 0. The molecule has 0 radical (unpaired) electrons. The van der Waals surface area contributed by atoms with E-state index in [1.165, 1.54) is 37.1 Å². The second-order valence-corrected chi connectivity index (χ2v) is 5.39. The van der Waals surface area contributed by atoms with Crippen LogP contribution in [0.15, 0.2) is 0 Å². The van der Waals surface area contributed by atoms with Gasteiger partial charge in [0.15, 0.2) is 0 Å². The van der Waals surface area contributed by atoms with Crippen LogP contribution < -0.4 is 0 Å². The molecule has 0 spiro atoms. The highest BCUT2D eigenvalue weighted by Gasteiger charge is 2.76. The van der Waals surface area contributed by atoms with E-state index < -0.39 is 0 Å². The average Bonchev–Trinajstić information content (AvgIpc) is 2.66. The molecule has 68 valence electrons. The summed E-state index contributed by atoms with van der Waals surface area (Å²) in [4.78, 5) is 2.55. The predicted octanol–water partition coefficient (Wildman–Crippen LogP) is 1.01. The molecule has 2 unspecified atom stereocenters. The van der Waals surface area contributed by atoms with Crippen LogP contribution in [0, 0.1) is 16.5 Å². The van der Waals surface area contributed by atoms with Gasteiger partial charge in [0.05, 0.1) is 5.69 Å². The van der Waals surface area contributed by atoms with Gasteiger partial charge in [0, 0.05) is 36.8 Å². The molecule has 3 aliphatic heterocycles. The van der Waals surface area contributed by atoms with Crippen molar-refractivity contribution >= 4 is 23.9 Å². The molecule has 3 saturated heterocycles. The Morgan fingerprint density at radius 1 is 1.54 bits per heavy atom. The highest BCUT2D eigenvalue weighted by atomic mass is 32.1. The van der Waals surface area contributed by atoms with E-state index >= 15 is 0 Å². The monoisotopic (exact) mass is 211 g/mol. The summed E-state index contributed by atoms with van der Waals surface area (Å²) < 4.78 is 8.40. The first kappa shape index (κ1) is 7.09. The Morgan fingerprint density at radius 3 is 2.77 bits per heavy atom. The van der Waals surface area contributed by atoms with Crippen molar-refractivity contribution in [1.29, 1.82) is 0 Å². The second-order valence-electron chi connectivity index (χ2n) is 4.41. The Morgan fingerprint density at radius 2 is 2.31 bits per heavy atom. The van der Waals surface area contributed by atoms with Crippen LogP contribution in [-0.2, 0) is 5.41 Å². The first-order valence-corrected chi connectivity index (χ1v) is 5.78. The zero-order chi connectivity index (χ0) is 8.63. The van der Waals surface area contributed by atoms with E-state index in [9.17, 15) is 0 Å². The van der Waals surface area contributed by atoms with Crippen molar-refractivity contribution in [3.8, 4) is 0 Å². The lowest BCUT2D eigenvalue weighted by Gasteiger charge is -2.06. The molecule has 3 nitrogen and oxygen atoms in total. The molecule has 4 heterocycles. The third kappa shape index (κ3) is 0.610. The fraction of sp³-hybridized carbons (Fsp3) is 0.750. The maximum Gasteiger partial charge on any atom is 0.137 e. The number of aromatic nitrogens is 2. The smallest absolute Gasteiger partial charge is 0.137 e. The molecule has 1 saturated carbocycles. The first-order chi connectivity index (χ1) is 6.32. The van der Waals surface area contributed by atoms with E-state index in [2.05, 4.69) is 13.6 Å². The molecule has 1 aromatic heterocycles. The SMILES string of the molecule is S=c1[nH]snc1C12CN3CC1C2C3. The molecule has 5 rings (SSSR count). The fourth-order valence-corrected chi connectivity index (χ4v) is 4.45. The highest BCUT2D eigenvalue weighted by Crippen LogP contribution is 2.69. The zero-order valence-corrected chi connectivity index (χ0v) is 8.62. The quantitative estimate of drug-likeness (QED) is 0.704. The third-order valence-corrected chi connectivity index (χ3v) is 5.02. The number of rotatable bonds is 1. The summed E-state index contributed by atoms with van der Waals surface area (Å²) in [5.41, 5.74) is 1.59. The molecule has 2 atom stereocenters. The summed E-state index contributed by atoms with van der Waals surface area (Å²) in [6.45, 7) is 3.79. The Balaban J connectivity index is 1.93. The van der Waals surface area contributed by atoms with Crippen LogP contribution in [0.2, 0.25) is 0 Å². The van der Waals surface area contributed by atoms with Crippen LogP contribution >= 0.6 is 23.9 Å². The van der Waals surface area contributed by atoms with Crippen molar-refractivity contribution in [1.82, 2.24) is 13.6 Å². The van der Waals surface area contributed by atoms with Crippen molar-refractivity contribution in [3.63, 3.8) is 0 Å². The molecule has 4 fully saturated rings. The van der Waals surface area contributed by atoms with Crippen LogP contribution in [0.5, 0.6) is 0 Å². The number of piperidine rings is 3. The average molecular weight is 211 g/mol. The Hall–Kier alpha value is -0.260. The summed E-state index contributed by atoms with van der Waals surface area (Å²) in [6.07, 6.45) is 0. The van der Waals surface area contributed by atoms with E-state index in [0.29, 0.717) is 5.41 Å². The van der Waals surface area contributed by atoms with Gasteiger partial charge in [-0.3, -0.25) is 4.37 Å². The van der Waals surface area contributed by atoms with Crippen LogP contribution in [-0.4, -0.2) is 33.3 Å². The van der Waals surface area contributed by atoms with Crippen LogP contribution in [0.25, 0.3) is 0 Å². The molecule has 1 aliphatic carbocycles. The van der Waals surface area contributed by atoms with Gasteiger partial charge < -0.3 is 4.90 Å². The Labute approximate surface area is 85.1 Å². The van der Waals surface area contributed by atoms with Gasteiger partial charge in [-0.05, 0) is 11.8 Å². The van der Waals surface area contributed by atoms with E-state index in [1.54, 1.807) is 0 Å². The minimum atomic E-state index is 0.396. The topological polar surface area (TPSA) is 31.9 Å². The van der Waals surface area contributed by atoms with Gasteiger partial charge in [-0.15, -0.1) is 0 Å². The molecule has 0 amide bonds. The normalized spacial score (nSPS) is 50.0. The van der Waals surface area contributed by atoms with Gasteiger partial charge in [-0.2, -0.15) is 4.37 Å². The summed E-state index contributed by atoms with van der Waals surface area (Å²) in [7, 11) is 0. The Bertz CT molecular complexity index is 423. The predicted molar refractivity (Wildman–Crippen MR) is 52.4 cm³/mol. The number of nitrogens with one attached hydrogen (secondary N) is 1. The summed E-state index contributed by atoms with van der Waals surface area (Å²) in [5.74, 6) is 1.76. The minimum Gasteiger partial charge on any atom is -0.302 e. The summed E-state index contributed by atoms with van der Waals surface area (Å²) >= 11 is 6.67. The van der Waals surface area contributed by atoms with Gasteiger partial charge in [0.1, 0.15) is 4.64 Å². The molecule has 4 bridgehead atoms. The van der Waals surface area contributed by atoms with Crippen LogP contribution in [0.3, 0.4) is 0 Å². The first-order valence-electron chi connectivity index (χ1n) is 4.59. The lowest BCUT2D eigenvalue weighted by atomic mass is 10.0. The summed E-state index contributed by atoms with van der Waals surface area (Å²) in [6, 6.07) is 0. The molecule has 13 heavy (non-hydrogen) atoms. The second kappa shape index (κ2) is 1.89. The van der Waals surface area contributed by atoms with Gasteiger partial charge in [0.25, 0.3) is 0 Å². The molecule has 4 aliphatic rings. The Kier molecular flexibility index (Phi) is 1.03. The zero-order valence-electron chi connectivity index (χ0n) is 6.99. The minimum absolute atomic E-state index is 0.396. The number of hydrogen-bond acceptors (Lipinski definition) is 4. The lowest BCUT2D eigenvalue weighted by molar-refractivity contribution is 0.406. The van der Waals surface area contributed by atoms with Crippen molar-refractivity contribution in [2.45, 2.75) is 5.41 Å². The molecular weight excluding hydrogens is 202 g/mol. The number of H-pyrrole nitrogens is 1. The van der Waals surface area contributed by atoms with Gasteiger partial charge in [0.2, 0.25) is 0 Å². The highest BCUT2D eigenvalue weighted by molar-refractivity contribution is 7.71. The fourth-order valence-electron chi connectivity index (χ4n) is 3.47. The van der Waals surface area contributed by atoms with Crippen LogP contribution in [0.4, 0.5) is 0 Å². The lowest BCUT2D eigenvalue weighted by Crippen LogP contribution is -2.16. The molecule has 0 aromatic carbocycles. The molecule has 1 aromatic rings. The largest absolute Gasteiger partial charge is 0.302 e. The van der Waals surface area contributed by atoms with E-state index in [0.717, 1.165) is 16.5 Å². The standard InChI is InChI=1S/C8H9N3S2/c12-7-6(9-13-10-7)8-3-11-1-4(8)5(8)2-11/h4-5H,1-3H2,(H,10,12). The molecule has 1 N–H and O–H groups in total. The third-order valence-electron chi connectivity index (χ3n) is 4.03.